The van der Waals surface area contributed by atoms with Gasteiger partial charge in [-0.25, -0.2) is 14.6 Å². The Hall–Kier alpha value is -3.00. The van der Waals surface area contributed by atoms with Crippen molar-refractivity contribution in [3.8, 4) is 11.3 Å². The van der Waals surface area contributed by atoms with E-state index in [1.165, 1.54) is 28.7 Å². The Balaban J connectivity index is 1.65. The van der Waals surface area contributed by atoms with Crippen LogP contribution in [-0.4, -0.2) is 30.2 Å². The van der Waals surface area contributed by atoms with E-state index in [2.05, 4.69) is 51.1 Å². The number of rotatable bonds is 4. The van der Waals surface area contributed by atoms with Crippen LogP contribution in [0.25, 0.3) is 22.2 Å². The van der Waals surface area contributed by atoms with Gasteiger partial charge in [-0.2, -0.15) is 5.10 Å². The van der Waals surface area contributed by atoms with Gasteiger partial charge in [0.05, 0.1) is 5.69 Å². The first kappa shape index (κ1) is 17.4. The molecule has 3 aromatic heterocycles. The zero-order valence-corrected chi connectivity index (χ0v) is 16.4. The van der Waals surface area contributed by atoms with E-state index in [1.807, 2.05) is 17.5 Å². The lowest BCUT2D eigenvalue weighted by Crippen LogP contribution is -2.40. The lowest BCUT2D eigenvalue weighted by atomic mass is 10.1. The molecule has 7 nitrogen and oxygen atoms in total. The fourth-order valence-corrected chi connectivity index (χ4v) is 3.84. The number of aromatic nitrogens is 5. The second-order valence-electron chi connectivity index (χ2n) is 6.93. The largest absolute Gasteiger partial charge is 0.347 e. The summed E-state index contributed by atoms with van der Waals surface area (Å²) >= 11 is 1.41. The lowest BCUT2D eigenvalue weighted by molar-refractivity contribution is -0.123. The lowest BCUT2D eigenvalue weighted by Gasteiger charge is -2.22. The van der Waals surface area contributed by atoms with E-state index in [0.717, 1.165) is 27.9 Å². The van der Waals surface area contributed by atoms with Crippen LogP contribution < -0.4 is 5.32 Å². The fraction of sp³-hybridized carbons (Fsp3) is 0.263. The molecule has 1 N–H and O–H groups in total. The van der Waals surface area contributed by atoms with Gasteiger partial charge in [0.25, 0.3) is 5.91 Å². The Kier molecular flexibility index (Phi) is 4.07. The molecule has 3 heterocycles. The zero-order chi connectivity index (χ0) is 19.2. The number of fused-ring (bicyclic) bond motifs is 1. The van der Waals surface area contributed by atoms with Crippen molar-refractivity contribution in [2.75, 3.05) is 5.32 Å². The van der Waals surface area contributed by atoms with Crippen molar-refractivity contribution >= 4 is 33.3 Å². The van der Waals surface area contributed by atoms with E-state index >= 15 is 0 Å². The highest BCUT2D eigenvalue weighted by Crippen LogP contribution is 2.35. The SMILES string of the molecule is Cc1c(-c2csc(NC(=O)C(C)(C)n3cncn3)n2)c2ccccc2n1C. The Morgan fingerprint density at radius 1 is 1.26 bits per heavy atom. The molecule has 0 atom stereocenters. The number of benzene rings is 1. The average Bonchev–Trinajstić information content (AvgIpc) is 3.37. The predicted molar refractivity (Wildman–Crippen MR) is 107 cm³/mol. The van der Waals surface area contributed by atoms with E-state index in [1.54, 1.807) is 13.8 Å². The molecule has 27 heavy (non-hydrogen) atoms. The number of nitrogens with one attached hydrogen (secondary N) is 1. The third kappa shape index (κ3) is 2.82. The van der Waals surface area contributed by atoms with Crippen molar-refractivity contribution < 1.29 is 4.79 Å². The maximum absolute atomic E-state index is 12.7. The number of thiazole rings is 1. The molecule has 0 aliphatic heterocycles. The third-order valence-corrected chi connectivity index (χ3v) is 5.69. The molecule has 4 aromatic rings. The molecule has 1 aromatic carbocycles. The molecule has 8 heteroatoms. The van der Waals surface area contributed by atoms with Gasteiger partial charge < -0.3 is 4.57 Å². The molecule has 0 spiro atoms. The smallest absolute Gasteiger partial charge is 0.253 e. The summed E-state index contributed by atoms with van der Waals surface area (Å²) in [5.41, 5.74) is 3.40. The molecule has 0 saturated carbocycles. The Bertz CT molecular complexity index is 1120. The van der Waals surface area contributed by atoms with E-state index in [9.17, 15) is 4.79 Å². The standard InChI is InChI=1S/C19H20N6OS/c1-12-16(13-7-5-6-8-15(13)24(12)4)14-9-27-18(22-14)23-17(26)19(2,3)25-11-20-10-21-25/h5-11H,1-4H3,(H,22,23,26). The highest BCUT2D eigenvalue weighted by atomic mass is 32.1. The second kappa shape index (κ2) is 6.31. The second-order valence-corrected chi connectivity index (χ2v) is 7.79. The summed E-state index contributed by atoms with van der Waals surface area (Å²) in [7, 11) is 2.05. The minimum absolute atomic E-state index is 0.191. The summed E-state index contributed by atoms with van der Waals surface area (Å²) in [4.78, 5) is 21.3. The van der Waals surface area contributed by atoms with Crippen molar-refractivity contribution in [3.63, 3.8) is 0 Å². The highest BCUT2D eigenvalue weighted by molar-refractivity contribution is 7.14. The summed E-state index contributed by atoms with van der Waals surface area (Å²) in [6.45, 7) is 5.67. The number of hydrogen-bond acceptors (Lipinski definition) is 5. The van der Waals surface area contributed by atoms with Crippen molar-refractivity contribution in [2.45, 2.75) is 26.3 Å². The summed E-state index contributed by atoms with van der Waals surface area (Å²) in [5, 5.41) is 10.7. The van der Waals surface area contributed by atoms with Gasteiger partial charge in [-0.3, -0.25) is 10.1 Å². The summed E-state index contributed by atoms with van der Waals surface area (Å²) in [6.07, 6.45) is 2.95. The highest BCUT2D eigenvalue weighted by Gasteiger charge is 2.31. The molecule has 0 radical (unpaired) electrons. The molecule has 0 unspecified atom stereocenters. The van der Waals surface area contributed by atoms with Crippen LogP contribution in [0.2, 0.25) is 0 Å². The van der Waals surface area contributed by atoms with E-state index in [-0.39, 0.29) is 5.91 Å². The molecular formula is C19H20N6OS. The molecule has 0 aliphatic rings. The number of carbonyl (C=O) groups is 1. The monoisotopic (exact) mass is 380 g/mol. The molecular weight excluding hydrogens is 360 g/mol. The van der Waals surface area contributed by atoms with Crippen molar-refractivity contribution in [3.05, 3.63) is 48.0 Å². The van der Waals surface area contributed by atoms with Gasteiger partial charge in [0, 0.05) is 34.6 Å². The van der Waals surface area contributed by atoms with Gasteiger partial charge >= 0.3 is 0 Å². The Morgan fingerprint density at radius 3 is 2.78 bits per heavy atom. The first-order valence-electron chi connectivity index (χ1n) is 8.56. The minimum atomic E-state index is -0.863. The topological polar surface area (TPSA) is 77.6 Å². The molecule has 0 fully saturated rings. The number of para-hydroxylation sites is 1. The van der Waals surface area contributed by atoms with Crippen LogP contribution in [0, 0.1) is 6.92 Å². The number of nitrogens with zero attached hydrogens (tertiary/aromatic N) is 5. The van der Waals surface area contributed by atoms with Crippen LogP contribution in [0.15, 0.2) is 42.3 Å². The minimum Gasteiger partial charge on any atom is -0.347 e. The molecule has 0 aliphatic carbocycles. The van der Waals surface area contributed by atoms with E-state index < -0.39 is 5.54 Å². The van der Waals surface area contributed by atoms with Crippen molar-refractivity contribution in [2.24, 2.45) is 7.05 Å². The van der Waals surface area contributed by atoms with Crippen LogP contribution >= 0.6 is 11.3 Å². The number of carbonyl (C=O) groups excluding carboxylic acids is 1. The number of hydrogen-bond donors (Lipinski definition) is 1. The van der Waals surface area contributed by atoms with Gasteiger partial charge in [-0.15, -0.1) is 11.3 Å². The number of amides is 1. The predicted octanol–water partition coefficient (Wildman–Crippen LogP) is 3.58. The summed E-state index contributed by atoms with van der Waals surface area (Å²) < 4.78 is 3.70. The Morgan fingerprint density at radius 2 is 2.04 bits per heavy atom. The van der Waals surface area contributed by atoms with Crippen LogP contribution in [0.5, 0.6) is 0 Å². The number of anilines is 1. The molecule has 138 valence electrons. The van der Waals surface area contributed by atoms with Crippen LogP contribution in [-0.2, 0) is 17.4 Å². The molecule has 1 amide bonds. The average molecular weight is 380 g/mol. The van der Waals surface area contributed by atoms with Crippen molar-refractivity contribution in [1.29, 1.82) is 0 Å². The van der Waals surface area contributed by atoms with Gasteiger partial charge in [0.1, 0.15) is 18.2 Å². The van der Waals surface area contributed by atoms with Crippen LogP contribution in [0.1, 0.15) is 19.5 Å². The molecule has 0 bridgehead atoms. The maximum atomic E-state index is 12.7. The van der Waals surface area contributed by atoms with E-state index in [0.29, 0.717) is 5.13 Å². The van der Waals surface area contributed by atoms with E-state index in [4.69, 9.17) is 0 Å². The summed E-state index contributed by atoms with van der Waals surface area (Å²) in [5.74, 6) is -0.191. The first-order chi connectivity index (χ1) is 12.9. The third-order valence-electron chi connectivity index (χ3n) is 4.93. The van der Waals surface area contributed by atoms with Crippen molar-refractivity contribution in [1.82, 2.24) is 24.3 Å². The fourth-order valence-electron chi connectivity index (χ4n) is 3.14. The van der Waals surface area contributed by atoms with Gasteiger partial charge in [-0.05, 0) is 26.8 Å². The van der Waals surface area contributed by atoms with Crippen LogP contribution in [0.3, 0.4) is 0 Å². The number of aryl methyl sites for hydroxylation is 1. The van der Waals surface area contributed by atoms with Crippen LogP contribution in [0.4, 0.5) is 5.13 Å². The quantitative estimate of drug-likeness (QED) is 0.587. The maximum Gasteiger partial charge on any atom is 0.253 e. The molecule has 4 rings (SSSR count). The zero-order valence-electron chi connectivity index (χ0n) is 15.6. The molecule has 0 saturated heterocycles. The summed E-state index contributed by atoms with van der Waals surface area (Å²) in [6, 6.07) is 8.26. The first-order valence-corrected chi connectivity index (χ1v) is 9.44. The normalized spacial score (nSPS) is 11.9. The van der Waals surface area contributed by atoms with Gasteiger partial charge in [0.2, 0.25) is 0 Å². The Labute approximate surface area is 160 Å². The van der Waals surface area contributed by atoms with Gasteiger partial charge in [-0.1, -0.05) is 18.2 Å². The van der Waals surface area contributed by atoms with Gasteiger partial charge in [0.15, 0.2) is 5.13 Å².